The van der Waals surface area contributed by atoms with Crippen molar-refractivity contribution in [1.29, 1.82) is 0 Å². The summed E-state index contributed by atoms with van der Waals surface area (Å²) >= 11 is 1.29. The number of nitro benzene ring substituents is 1. The molecule has 0 bridgehead atoms. The van der Waals surface area contributed by atoms with E-state index in [0.29, 0.717) is 22.3 Å². The van der Waals surface area contributed by atoms with E-state index in [0.717, 1.165) is 0 Å². The first kappa shape index (κ1) is 10.9. The van der Waals surface area contributed by atoms with Crippen molar-refractivity contribution in [3.05, 3.63) is 28.3 Å². The molecule has 16 heavy (non-hydrogen) atoms. The molecule has 0 amide bonds. The summed E-state index contributed by atoms with van der Waals surface area (Å²) in [7, 11) is 1.57. The molecule has 0 saturated heterocycles. The number of nitrogens with zero attached hydrogens (tertiary/aromatic N) is 2. The molecule has 0 aliphatic rings. The van der Waals surface area contributed by atoms with Crippen molar-refractivity contribution in [2.24, 2.45) is 0 Å². The quantitative estimate of drug-likeness (QED) is 0.353. The van der Waals surface area contributed by atoms with Crippen molar-refractivity contribution in [3.8, 4) is 0 Å². The lowest BCUT2D eigenvalue weighted by atomic mass is 10.3. The highest BCUT2D eigenvalue weighted by atomic mass is 32.2. The maximum Gasteiger partial charge on any atom is 0.273 e. The number of thioether (sulfide) groups is 1. The fourth-order valence-electron chi connectivity index (χ4n) is 1.18. The normalized spacial score (nSPS) is 10.8. The Balaban J connectivity index is 2.34. The molecule has 0 radical (unpaired) electrons. The largest absolute Gasteiger partial charge is 0.431 e. The molecule has 0 atom stereocenters. The van der Waals surface area contributed by atoms with Gasteiger partial charge < -0.3 is 9.15 Å². The molecular formula is C9H8N2O4S. The standard InChI is InChI=1S/C9H8N2O4S/c1-14-5-16-9-10-7-3-2-6(11(12)13)4-8(7)15-9/h2-4H,5H2,1H3. The van der Waals surface area contributed by atoms with E-state index in [1.54, 1.807) is 13.2 Å². The second kappa shape index (κ2) is 4.50. The highest BCUT2D eigenvalue weighted by molar-refractivity contribution is 7.98. The lowest BCUT2D eigenvalue weighted by Crippen LogP contribution is -1.86. The minimum absolute atomic E-state index is 0.00746. The summed E-state index contributed by atoms with van der Waals surface area (Å²) in [5, 5.41) is 11.0. The smallest absolute Gasteiger partial charge is 0.273 e. The van der Waals surface area contributed by atoms with E-state index in [2.05, 4.69) is 4.98 Å². The zero-order chi connectivity index (χ0) is 11.5. The van der Waals surface area contributed by atoms with Crippen LogP contribution in [-0.4, -0.2) is 23.0 Å². The maximum absolute atomic E-state index is 10.5. The molecule has 0 fully saturated rings. The summed E-state index contributed by atoms with van der Waals surface area (Å²) in [5.41, 5.74) is 1.00. The van der Waals surface area contributed by atoms with Gasteiger partial charge in [-0.25, -0.2) is 4.98 Å². The van der Waals surface area contributed by atoms with Gasteiger partial charge in [-0.2, -0.15) is 0 Å². The molecular weight excluding hydrogens is 232 g/mol. The van der Waals surface area contributed by atoms with Gasteiger partial charge in [-0.05, 0) is 17.8 Å². The van der Waals surface area contributed by atoms with Gasteiger partial charge in [0.15, 0.2) is 5.58 Å². The molecule has 0 saturated carbocycles. The molecule has 0 aliphatic heterocycles. The lowest BCUT2D eigenvalue weighted by molar-refractivity contribution is -0.384. The van der Waals surface area contributed by atoms with Crippen LogP contribution >= 0.6 is 11.8 Å². The fraction of sp³-hybridized carbons (Fsp3) is 0.222. The maximum atomic E-state index is 10.5. The number of ether oxygens (including phenoxy) is 1. The van der Waals surface area contributed by atoms with Crippen LogP contribution in [0.15, 0.2) is 27.8 Å². The molecule has 0 spiro atoms. The summed E-state index contributed by atoms with van der Waals surface area (Å²) in [6.07, 6.45) is 0. The molecule has 0 N–H and O–H groups in total. The number of benzene rings is 1. The second-order valence-electron chi connectivity index (χ2n) is 2.94. The van der Waals surface area contributed by atoms with Crippen LogP contribution in [-0.2, 0) is 4.74 Å². The molecule has 6 nitrogen and oxygen atoms in total. The van der Waals surface area contributed by atoms with Crippen LogP contribution in [0.3, 0.4) is 0 Å². The predicted octanol–water partition coefficient (Wildman–Crippen LogP) is 2.43. The van der Waals surface area contributed by atoms with Gasteiger partial charge in [0.05, 0.1) is 11.0 Å². The summed E-state index contributed by atoms with van der Waals surface area (Å²) in [5.74, 6) is 0.426. The van der Waals surface area contributed by atoms with Crippen LogP contribution in [0.25, 0.3) is 11.1 Å². The van der Waals surface area contributed by atoms with E-state index >= 15 is 0 Å². The first-order valence-electron chi connectivity index (χ1n) is 4.37. The van der Waals surface area contributed by atoms with E-state index < -0.39 is 4.92 Å². The first-order chi connectivity index (χ1) is 7.70. The van der Waals surface area contributed by atoms with Crippen molar-refractivity contribution < 1.29 is 14.1 Å². The Labute approximate surface area is 94.7 Å². The third-order valence-electron chi connectivity index (χ3n) is 1.86. The van der Waals surface area contributed by atoms with E-state index in [-0.39, 0.29) is 5.69 Å². The summed E-state index contributed by atoms with van der Waals surface area (Å²) in [6.45, 7) is 0. The monoisotopic (exact) mass is 240 g/mol. The number of hydrogen-bond acceptors (Lipinski definition) is 6. The zero-order valence-corrected chi connectivity index (χ0v) is 9.19. The molecule has 84 valence electrons. The van der Waals surface area contributed by atoms with Gasteiger partial charge in [0.1, 0.15) is 11.5 Å². The van der Waals surface area contributed by atoms with Gasteiger partial charge in [-0.3, -0.25) is 10.1 Å². The highest BCUT2D eigenvalue weighted by Crippen LogP contribution is 2.26. The molecule has 1 heterocycles. The van der Waals surface area contributed by atoms with Crippen LogP contribution < -0.4 is 0 Å². The number of hydrogen-bond donors (Lipinski definition) is 0. The number of methoxy groups -OCH3 is 1. The molecule has 0 unspecified atom stereocenters. The van der Waals surface area contributed by atoms with Crippen LogP contribution in [0.4, 0.5) is 5.69 Å². The molecule has 7 heteroatoms. The van der Waals surface area contributed by atoms with Crippen molar-refractivity contribution in [1.82, 2.24) is 4.98 Å². The Morgan fingerprint density at radius 2 is 2.44 bits per heavy atom. The number of nitro groups is 1. The highest BCUT2D eigenvalue weighted by Gasteiger charge is 2.11. The minimum atomic E-state index is -0.468. The van der Waals surface area contributed by atoms with Crippen LogP contribution in [0.1, 0.15) is 0 Å². The van der Waals surface area contributed by atoms with Crippen LogP contribution in [0, 0.1) is 10.1 Å². The average molecular weight is 240 g/mol. The topological polar surface area (TPSA) is 78.4 Å². The van der Waals surface area contributed by atoms with Gasteiger partial charge in [0, 0.05) is 13.2 Å². The third kappa shape index (κ3) is 2.15. The zero-order valence-electron chi connectivity index (χ0n) is 8.37. The Bertz CT molecular complexity index is 525. The van der Waals surface area contributed by atoms with Crippen LogP contribution in [0.2, 0.25) is 0 Å². The average Bonchev–Trinajstić information content (AvgIpc) is 2.67. The van der Waals surface area contributed by atoms with E-state index in [4.69, 9.17) is 9.15 Å². The SMILES string of the molecule is COCSc1nc2ccc([N+](=O)[O-])cc2o1. The summed E-state index contributed by atoms with van der Waals surface area (Å²) < 4.78 is 10.2. The van der Waals surface area contributed by atoms with Gasteiger partial charge in [0.2, 0.25) is 0 Å². The Kier molecular flexibility index (Phi) is 3.07. The Morgan fingerprint density at radius 1 is 1.62 bits per heavy atom. The predicted molar refractivity (Wildman–Crippen MR) is 58.4 cm³/mol. The van der Waals surface area contributed by atoms with Gasteiger partial charge >= 0.3 is 0 Å². The fourth-order valence-corrected chi connectivity index (χ4v) is 1.71. The third-order valence-corrected chi connectivity index (χ3v) is 2.64. The lowest BCUT2D eigenvalue weighted by Gasteiger charge is -1.91. The molecule has 1 aromatic carbocycles. The molecule has 2 aromatic rings. The Morgan fingerprint density at radius 3 is 3.12 bits per heavy atom. The number of rotatable bonds is 4. The summed E-state index contributed by atoms with van der Waals surface area (Å²) in [6, 6.07) is 4.32. The van der Waals surface area contributed by atoms with Gasteiger partial charge in [-0.1, -0.05) is 0 Å². The first-order valence-corrected chi connectivity index (χ1v) is 5.36. The van der Waals surface area contributed by atoms with E-state index in [1.807, 2.05) is 0 Å². The number of non-ortho nitro benzene ring substituents is 1. The van der Waals surface area contributed by atoms with Crippen molar-refractivity contribution >= 4 is 28.5 Å². The molecule has 2 rings (SSSR count). The van der Waals surface area contributed by atoms with Crippen molar-refractivity contribution in [2.45, 2.75) is 5.22 Å². The molecule has 0 aliphatic carbocycles. The number of aromatic nitrogens is 1. The van der Waals surface area contributed by atoms with Crippen molar-refractivity contribution in [3.63, 3.8) is 0 Å². The van der Waals surface area contributed by atoms with Crippen molar-refractivity contribution in [2.75, 3.05) is 13.0 Å². The minimum Gasteiger partial charge on any atom is -0.431 e. The number of oxazole rings is 1. The molecule has 1 aromatic heterocycles. The van der Waals surface area contributed by atoms with E-state index in [9.17, 15) is 10.1 Å². The number of fused-ring (bicyclic) bond motifs is 1. The van der Waals surface area contributed by atoms with E-state index in [1.165, 1.54) is 23.9 Å². The summed E-state index contributed by atoms with van der Waals surface area (Å²) in [4.78, 5) is 14.2. The van der Waals surface area contributed by atoms with Crippen LogP contribution in [0.5, 0.6) is 0 Å². The van der Waals surface area contributed by atoms with Gasteiger partial charge in [0.25, 0.3) is 10.9 Å². The Hall–Kier alpha value is -1.60. The van der Waals surface area contributed by atoms with Gasteiger partial charge in [-0.15, -0.1) is 0 Å². The second-order valence-corrected chi connectivity index (χ2v) is 3.81.